The number of benzene rings is 1. The number of hydrogen-bond acceptors (Lipinski definition) is 2. The fourth-order valence-electron chi connectivity index (χ4n) is 2.82. The Bertz CT molecular complexity index is 589. The van der Waals surface area contributed by atoms with Crippen molar-refractivity contribution in [3.8, 4) is 0 Å². The molecule has 1 atom stereocenters. The van der Waals surface area contributed by atoms with Crippen molar-refractivity contribution in [2.45, 2.75) is 25.7 Å². The Morgan fingerprint density at radius 1 is 1.36 bits per heavy atom. The molecule has 1 heterocycles. The molecular formula is C19H23NOW. The molecule has 1 aromatic carbocycles. The molecule has 1 aliphatic heterocycles. The summed E-state index contributed by atoms with van der Waals surface area (Å²) in [5.41, 5.74) is 3.93. The second-order valence-electron chi connectivity index (χ2n) is 5.27. The Kier molecular flexibility index (Phi) is 6.54. The van der Waals surface area contributed by atoms with Gasteiger partial charge in [0.25, 0.3) is 0 Å². The van der Waals surface area contributed by atoms with Crippen LogP contribution in [0.5, 0.6) is 0 Å². The first-order valence-corrected chi connectivity index (χ1v) is 9.11. The summed E-state index contributed by atoms with van der Waals surface area (Å²) in [5, 5.41) is 0. The van der Waals surface area contributed by atoms with E-state index in [0.29, 0.717) is 0 Å². The molecular weight excluding hydrogens is 442 g/mol. The van der Waals surface area contributed by atoms with Gasteiger partial charge in [-0.2, -0.15) is 0 Å². The molecule has 0 aromatic heterocycles. The van der Waals surface area contributed by atoms with E-state index < -0.39 is 0 Å². The predicted molar refractivity (Wildman–Crippen MR) is 89.2 cm³/mol. The van der Waals surface area contributed by atoms with Gasteiger partial charge in [0.2, 0.25) is 0 Å². The summed E-state index contributed by atoms with van der Waals surface area (Å²) in [5.74, 6) is 0.261. The third kappa shape index (κ3) is 3.74. The van der Waals surface area contributed by atoms with Crippen molar-refractivity contribution < 1.29 is 24.1 Å². The number of nitrogens with zero attached hydrogens (tertiary/aromatic N) is 1. The SMILES string of the molecule is C=CCC1=C([C](=[W])OC)C(c2ccccc2)C=CN1CCC. The Balaban J connectivity index is 2.52. The van der Waals surface area contributed by atoms with Crippen LogP contribution in [0.1, 0.15) is 31.2 Å². The first-order chi connectivity index (χ1) is 10.7. The van der Waals surface area contributed by atoms with Crippen LogP contribution >= 0.6 is 0 Å². The van der Waals surface area contributed by atoms with Gasteiger partial charge in [0.15, 0.2) is 0 Å². The summed E-state index contributed by atoms with van der Waals surface area (Å²) >= 11 is 1.36. The molecule has 0 spiro atoms. The topological polar surface area (TPSA) is 12.5 Å². The van der Waals surface area contributed by atoms with Crippen LogP contribution in [0.2, 0.25) is 0 Å². The van der Waals surface area contributed by atoms with Gasteiger partial charge in [0.1, 0.15) is 0 Å². The van der Waals surface area contributed by atoms with Crippen LogP contribution in [-0.4, -0.2) is 22.6 Å². The summed E-state index contributed by atoms with van der Waals surface area (Å²) in [6, 6.07) is 10.6. The van der Waals surface area contributed by atoms with E-state index in [2.05, 4.69) is 61.0 Å². The molecule has 0 fully saturated rings. The zero-order chi connectivity index (χ0) is 15.9. The van der Waals surface area contributed by atoms with Crippen LogP contribution in [0.15, 0.2) is 66.5 Å². The fourth-order valence-corrected chi connectivity index (χ4v) is 3.70. The standard InChI is InChI=1S/C19H23NO.W/c1-4-9-19-18(15-21-3)17(12-14-20(19)13-5-2)16-10-7-6-8-11-16;/h4,6-8,10-12,14,17H,1,5,9,13H2,2-3H3;. The average Bonchev–Trinajstić information content (AvgIpc) is 2.56. The van der Waals surface area contributed by atoms with Crippen LogP contribution in [0.4, 0.5) is 0 Å². The number of allylic oxidation sites excluding steroid dienone is 2. The van der Waals surface area contributed by atoms with E-state index in [1.54, 1.807) is 7.11 Å². The fraction of sp³-hybridized carbons (Fsp3) is 0.316. The number of ether oxygens (including phenoxy) is 1. The third-order valence-electron chi connectivity index (χ3n) is 3.79. The number of rotatable bonds is 7. The zero-order valence-corrected chi connectivity index (χ0v) is 16.2. The maximum atomic E-state index is 5.65. The van der Waals surface area contributed by atoms with E-state index in [4.69, 9.17) is 4.74 Å². The van der Waals surface area contributed by atoms with Gasteiger partial charge in [-0.25, -0.2) is 0 Å². The van der Waals surface area contributed by atoms with E-state index in [1.165, 1.54) is 36.2 Å². The molecule has 2 nitrogen and oxygen atoms in total. The van der Waals surface area contributed by atoms with E-state index >= 15 is 0 Å². The van der Waals surface area contributed by atoms with Gasteiger partial charge in [0, 0.05) is 0 Å². The molecule has 1 aromatic rings. The van der Waals surface area contributed by atoms with E-state index in [1.807, 2.05) is 6.08 Å². The summed E-state index contributed by atoms with van der Waals surface area (Å²) in [6.07, 6.45) is 8.48. The molecule has 0 aliphatic carbocycles. The van der Waals surface area contributed by atoms with Gasteiger partial charge >= 0.3 is 145 Å². The van der Waals surface area contributed by atoms with Gasteiger partial charge < -0.3 is 0 Å². The molecule has 116 valence electrons. The van der Waals surface area contributed by atoms with E-state index in [0.717, 1.165) is 23.5 Å². The second kappa shape index (κ2) is 8.41. The second-order valence-corrected chi connectivity index (χ2v) is 6.60. The van der Waals surface area contributed by atoms with Crippen molar-refractivity contribution in [2.75, 3.05) is 13.7 Å². The Hall–Kier alpha value is -1.24. The molecule has 1 aliphatic rings. The van der Waals surface area contributed by atoms with Crippen molar-refractivity contribution >= 4 is 4.08 Å². The van der Waals surface area contributed by atoms with Crippen LogP contribution in [0.25, 0.3) is 0 Å². The first-order valence-electron chi connectivity index (χ1n) is 7.65. The molecule has 0 amide bonds. The summed E-state index contributed by atoms with van der Waals surface area (Å²) in [4.78, 5) is 2.35. The molecule has 0 N–H and O–H groups in total. The number of methoxy groups -OCH3 is 1. The van der Waals surface area contributed by atoms with Gasteiger partial charge in [0.05, 0.1) is 0 Å². The Morgan fingerprint density at radius 2 is 2.09 bits per heavy atom. The van der Waals surface area contributed by atoms with Gasteiger partial charge in [-0.1, -0.05) is 0 Å². The summed E-state index contributed by atoms with van der Waals surface area (Å²) < 4.78 is 6.71. The van der Waals surface area contributed by atoms with Crippen LogP contribution in [0, 0.1) is 0 Å². The van der Waals surface area contributed by atoms with Crippen LogP contribution in [0.3, 0.4) is 0 Å². The van der Waals surface area contributed by atoms with Crippen molar-refractivity contribution in [2.24, 2.45) is 0 Å². The summed E-state index contributed by atoms with van der Waals surface area (Å²) in [6.45, 7) is 7.17. The molecule has 1 unspecified atom stereocenters. The van der Waals surface area contributed by atoms with Gasteiger partial charge in [-0.3, -0.25) is 0 Å². The number of hydrogen-bond donors (Lipinski definition) is 0. The summed E-state index contributed by atoms with van der Waals surface area (Å²) in [7, 11) is 1.77. The van der Waals surface area contributed by atoms with Crippen molar-refractivity contribution in [3.05, 3.63) is 72.1 Å². The van der Waals surface area contributed by atoms with Gasteiger partial charge in [-0.05, 0) is 0 Å². The molecule has 2 rings (SSSR count). The zero-order valence-electron chi connectivity index (χ0n) is 13.3. The van der Waals surface area contributed by atoms with Crippen LogP contribution in [-0.2, 0) is 24.1 Å². The van der Waals surface area contributed by atoms with E-state index in [-0.39, 0.29) is 5.92 Å². The monoisotopic (exact) mass is 465 g/mol. The van der Waals surface area contributed by atoms with Crippen LogP contribution < -0.4 is 0 Å². The molecule has 0 radical (unpaired) electrons. The van der Waals surface area contributed by atoms with Gasteiger partial charge in [-0.15, -0.1) is 0 Å². The predicted octanol–water partition coefficient (Wildman–Crippen LogP) is 4.16. The Labute approximate surface area is 144 Å². The molecule has 0 saturated carbocycles. The average molecular weight is 465 g/mol. The maximum absolute atomic E-state index is 5.65. The van der Waals surface area contributed by atoms with Crippen molar-refractivity contribution in [1.29, 1.82) is 0 Å². The quantitative estimate of drug-likeness (QED) is 0.561. The third-order valence-corrected chi connectivity index (χ3v) is 5.18. The minimum absolute atomic E-state index is 0.261. The first kappa shape index (κ1) is 17.1. The molecule has 0 bridgehead atoms. The molecule has 22 heavy (non-hydrogen) atoms. The van der Waals surface area contributed by atoms with Crippen molar-refractivity contribution in [1.82, 2.24) is 4.90 Å². The molecule has 0 saturated heterocycles. The van der Waals surface area contributed by atoms with E-state index in [9.17, 15) is 0 Å². The Morgan fingerprint density at radius 3 is 2.68 bits per heavy atom. The normalized spacial score (nSPS) is 17.7. The minimum atomic E-state index is 0.261. The van der Waals surface area contributed by atoms with Crippen molar-refractivity contribution in [3.63, 3.8) is 0 Å². The molecule has 3 heteroatoms.